The molecule has 0 aliphatic rings. The van der Waals surface area contributed by atoms with E-state index in [1.807, 2.05) is 0 Å². The lowest BCUT2D eigenvalue weighted by Gasteiger charge is -2.14. The van der Waals surface area contributed by atoms with Crippen molar-refractivity contribution >= 4 is 17.4 Å². The summed E-state index contributed by atoms with van der Waals surface area (Å²) in [6.45, 7) is 7.16. The number of hydrogen-bond donors (Lipinski definition) is 2. The lowest BCUT2D eigenvalue weighted by atomic mass is 10.0. The summed E-state index contributed by atoms with van der Waals surface area (Å²) >= 11 is 0. The molecule has 24 heavy (non-hydrogen) atoms. The molecule has 0 amide bonds. The van der Waals surface area contributed by atoms with Gasteiger partial charge in [-0.25, -0.2) is 9.18 Å². The summed E-state index contributed by atoms with van der Waals surface area (Å²) in [6.07, 6.45) is 0. The zero-order valence-corrected chi connectivity index (χ0v) is 14.2. The molecule has 0 aliphatic carbocycles. The molecule has 0 saturated heterocycles. The van der Waals surface area contributed by atoms with E-state index in [-0.39, 0.29) is 18.2 Å². The van der Waals surface area contributed by atoms with E-state index in [1.54, 1.807) is 39.8 Å². The molecular formula is C18H21FN2O3. The van der Waals surface area contributed by atoms with Crippen LogP contribution < -0.4 is 5.32 Å². The van der Waals surface area contributed by atoms with Gasteiger partial charge < -0.3 is 15.0 Å². The normalized spacial score (nSPS) is 11.9. The quantitative estimate of drug-likeness (QED) is 0.626. The summed E-state index contributed by atoms with van der Waals surface area (Å²) in [5.74, 6) is -0.966. The molecule has 5 nitrogen and oxygen atoms in total. The average Bonchev–Trinajstić information content (AvgIpc) is 2.83. The smallest absolute Gasteiger partial charge is 0.340 e. The van der Waals surface area contributed by atoms with Crippen LogP contribution in [0.2, 0.25) is 0 Å². The molecule has 2 N–H and O–H groups in total. The summed E-state index contributed by atoms with van der Waals surface area (Å²) in [6, 6.07) is 5.24. The van der Waals surface area contributed by atoms with Gasteiger partial charge in [-0.1, -0.05) is 0 Å². The van der Waals surface area contributed by atoms with E-state index in [2.05, 4.69) is 10.3 Å². The summed E-state index contributed by atoms with van der Waals surface area (Å²) in [5, 5.41) is 3.03. The van der Waals surface area contributed by atoms with Gasteiger partial charge >= 0.3 is 5.97 Å². The summed E-state index contributed by atoms with van der Waals surface area (Å²) in [4.78, 5) is 27.7. The molecule has 0 radical (unpaired) electrons. The average molecular weight is 332 g/mol. The molecule has 6 heteroatoms. The number of H-pyrrole nitrogens is 1. The van der Waals surface area contributed by atoms with Gasteiger partial charge in [-0.2, -0.15) is 0 Å². The van der Waals surface area contributed by atoms with Gasteiger partial charge in [-0.3, -0.25) is 4.79 Å². The number of nitrogens with one attached hydrogen (secondary N) is 2. The van der Waals surface area contributed by atoms with Crippen LogP contribution in [0.5, 0.6) is 0 Å². The minimum absolute atomic E-state index is 0.185. The highest BCUT2D eigenvalue weighted by Gasteiger charge is 2.25. The molecule has 0 aliphatic heterocycles. The van der Waals surface area contributed by atoms with Crippen LogP contribution in [0, 0.1) is 19.7 Å². The topological polar surface area (TPSA) is 71.2 Å². The number of rotatable bonds is 6. The number of ketones is 1. The van der Waals surface area contributed by atoms with Gasteiger partial charge in [0, 0.05) is 11.4 Å². The Balaban J connectivity index is 2.21. The summed E-state index contributed by atoms with van der Waals surface area (Å²) in [7, 11) is 0. The number of benzene rings is 1. The number of aromatic amines is 1. The Kier molecular flexibility index (Phi) is 5.39. The second-order valence-electron chi connectivity index (χ2n) is 5.58. The van der Waals surface area contributed by atoms with Crippen LogP contribution >= 0.6 is 0 Å². The van der Waals surface area contributed by atoms with Crippen molar-refractivity contribution in [1.29, 1.82) is 0 Å². The Bertz CT molecular complexity index is 750. The molecule has 1 atom stereocenters. The van der Waals surface area contributed by atoms with E-state index in [0.29, 0.717) is 28.2 Å². The van der Waals surface area contributed by atoms with Gasteiger partial charge in [0.05, 0.1) is 23.9 Å². The number of carbonyl (C=O) groups excluding carboxylic acids is 2. The molecule has 0 unspecified atom stereocenters. The van der Waals surface area contributed by atoms with Crippen LogP contribution in [0.4, 0.5) is 10.1 Å². The van der Waals surface area contributed by atoms with E-state index in [9.17, 15) is 14.0 Å². The summed E-state index contributed by atoms with van der Waals surface area (Å²) in [5.41, 5.74) is 2.59. The van der Waals surface area contributed by atoms with Gasteiger partial charge in [0.15, 0.2) is 0 Å². The van der Waals surface area contributed by atoms with Crippen molar-refractivity contribution in [2.75, 3.05) is 11.9 Å². The Hall–Kier alpha value is -2.63. The largest absolute Gasteiger partial charge is 0.462 e. The molecule has 0 fully saturated rings. The van der Waals surface area contributed by atoms with Gasteiger partial charge in [-0.15, -0.1) is 0 Å². The monoisotopic (exact) mass is 332 g/mol. The maximum Gasteiger partial charge on any atom is 0.340 e. The standard InChI is InChI=1S/C18H21FN2O3/c1-5-24-18(23)15-10(2)16(21-11(15)3)17(22)12(4)20-14-8-6-13(19)7-9-14/h6-9,12,20-21H,5H2,1-4H3/t12-/m0/s1. The van der Waals surface area contributed by atoms with E-state index >= 15 is 0 Å². The second-order valence-corrected chi connectivity index (χ2v) is 5.58. The van der Waals surface area contributed by atoms with Crippen LogP contribution in [0.15, 0.2) is 24.3 Å². The van der Waals surface area contributed by atoms with Crippen molar-refractivity contribution in [2.45, 2.75) is 33.7 Å². The Morgan fingerprint density at radius 2 is 1.88 bits per heavy atom. The molecule has 0 spiro atoms. The molecule has 0 saturated carbocycles. The van der Waals surface area contributed by atoms with Crippen molar-refractivity contribution in [3.8, 4) is 0 Å². The molecule has 128 valence electrons. The first-order chi connectivity index (χ1) is 11.3. The molecule has 1 aromatic carbocycles. The number of aromatic nitrogens is 1. The van der Waals surface area contributed by atoms with Gasteiger partial charge in [-0.05, 0) is 57.5 Å². The fraction of sp³-hybridized carbons (Fsp3) is 0.333. The first-order valence-corrected chi connectivity index (χ1v) is 7.77. The van der Waals surface area contributed by atoms with Gasteiger partial charge in [0.25, 0.3) is 0 Å². The highest BCUT2D eigenvalue weighted by molar-refractivity contribution is 6.04. The predicted octanol–water partition coefficient (Wildman–Crippen LogP) is 3.63. The van der Waals surface area contributed by atoms with Crippen LogP contribution in [0.25, 0.3) is 0 Å². The van der Waals surface area contributed by atoms with Crippen LogP contribution in [-0.2, 0) is 4.74 Å². The molecule has 2 aromatic rings. The zero-order valence-electron chi connectivity index (χ0n) is 14.2. The number of esters is 1. The minimum Gasteiger partial charge on any atom is -0.462 e. The lowest BCUT2D eigenvalue weighted by molar-refractivity contribution is 0.0525. The van der Waals surface area contributed by atoms with Crippen LogP contribution in [-0.4, -0.2) is 29.4 Å². The lowest BCUT2D eigenvalue weighted by Crippen LogP contribution is -2.27. The fourth-order valence-corrected chi connectivity index (χ4v) is 2.58. The van der Waals surface area contributed by atoms with E-state index in [0.717, 1.165) is 0 Å². The predicted molar refractivity (Wildman–Crippen MR) is 90.0 cm³/mol. The van der Waals surface area contributed by atoms with Crippen LogP contribution in [0.1, 0.15) is 46.0 Å². The van der Waals surface area contributed by atoms with E-state index in [1.165, 1.54) is 12.1 Å². The highest BCUT2D eigenvalue weighted by Crippen LogP contribution is 2.21. The van der Waals surface area contributed by atoms with Crippen molar-refractivity contribution < 1.29 is 18.7 Å². The molecule has 1 aromatic heterocycles. The zero-order chi connectivity index (χ0) is 17.9. The Labute approximate surface area is 140 Å². The number of Topliss-reactive ketones (excluding diaryl/α,β-unsaturated/α-hetero) is 1. The number of ether oxygens (including phenoxy) is 1. The Morgan fingerprint density at radius 3 is 2.46 bits per heavy atom. The van der Waals surface area contributed by atoms with Crippen molar-refractivity contribution in [1.82, 2.24) is 4.98 Å². The minimum atomic E-state index is -0.540. The molecule has 1 heterocycles. The number of carbonyl (C=O) groups is 2. The number of anilines is 1. The third kappa shape index (κ3) is 3.64. The third-order valence-electron chi connectivity index (χ3n) is 3.78. The maximum atomic E-state index is 12.9. The van der Waals surface area contributed by atoms with Crippen molar-refractivity contribution in [2.24, 2.45) is 0 Å². The molecule has 0 bridgehead atoms. The van der Waals surface area contributed by atoms with Gasteiger partial charge in [0.2, 0.25) is 5.78 Å². The number of aryl methyl sites for hydroxylation is 1. The highest BCUT2D eigenvalue weighted by atomic mass is 19.1. The Morgan fingerprint density at radius 1 is 1.25 bits per heavy atom. The van der Waals surface area contributed by atoms with Crippen LogP contribution in [0.3, 0.4) is 0 Å². The number of halogens is 1. The first kappa shape index (κ1) is 17.7. The second kappa shape index (κ2) is 7.29. The SMILES string of the molecule is CCOC(=O)c1c(C)[nH]c(C(=O)[C@H](C)Nc2ccc(F)cc2)c1C. The first-order valence-electron chi connectivity index (χ1n) is 7.77. The maximum absolute atomic E-state index is 12.9. The van der Waals surface area contributed by atoms with Gasteiger partial charge in [0.1, 0.15) is 5.82 Å². The van der Waals surface area contributed by atoms with Crippen molar-refractivity contribution in [3.05, 3.63) is 52.6 Å². The van der Waals surface area contributed by atoms with E-state index < -0.39 is 12.0 Å². The summed E-state index contributed by atoms with van der Waals surface area (Å²) < 4.78 is 18.0. The fourth-order valence-electron chi connectivity index (χ4n) is 2.58. The number of hydrogen-bond acceptors (Lipinski definition) is 4. The van der Waals surface area contributed by atoms with Crippen molar-refractivity contribution in [3.63, 3.8) is 0 Å². The molecule has 2 rings (SSSR count). The third-order valence-corrected chi connectivity index (χ3v) is 3.78. The molecular weight excluding hydrogens is 311 g/mol. The van der Waals surface area contributed by atoms with E-state index in [4.69, 9.17) is 4.74 Å².